The van der Waals surface area contributed by atoms with Gasteiger partial charge in [0, 0.05) is 36.8 Å². The number of hydrogen-bond donors (Lipinski definition) is 1. The molecule has 2 unspecified atom stereocenters. The molecule has 1 aromatic carbocycles. The summed E-state index contributed by atoms with van der Waals surface area (Å²) in [6.45, 7) is 13.5. The van der Waals surface area contributed by atoms with Gasteiger partial charge in [0.2, 0.25) is 11.8 Å². The largest absolute Gasteiger partial charge is 0.329 e. The van der Waals surface area contributed by atoms with Gasteiger partial charge in [-0.1, -0.05) is 26.8 Å². The Morgan fingerprint density at radius 3 is 2.38 bits per heavy atom. The van der Waals surface area contributed by atoms with Gasteiger partial charge in [0.15, 0.2) is 5.78 Å². The van der Waals surface area contributed by atoms with Crippen LogP contribution in [0.1, 0.15) is 61.6 Å². The van der Waals surface area contributed by atoms with Crippen molar-refractivity contribution in [3.63, 3.8) is 0 Å². The Morgan fingerprint density at radius 1 is 1.02 bits per heavy atom. The number of carbonyl (C=O) groups excluding carboxylic acids is 3. The van der Waals surface area contributed by atoms with Crippen LogP contribution in [-0.2, 0) is 16.1 Å². The zero-order valence-corrected chi connectivity index (χ0v) is 26.6. The first kappa shape index (κ1) is 31.0. The first-order chi connectivity index (χ1) is 20.0. The molecule has 220 valence electrons. The number of hydrogen-bond acceptors (Lipinski definition) is 7. The number of aryl methyl sites for hydroxylation is 3. The summed E-state index contributed by atoms with van der Waals surface area (Å²) in [5.41, 5.74) is 4.37. The third-order valence-electron chi connectivity index (χ3n) is 7.21. The van der Waals surface area contributed by atoms with Gasteiger partial charge in [0.1, 0.15) is 34.5 Å². The lowest BCUT2D eigenvalue weighted by atomic mass is 10.0. The molecule has 4 aromatic rings. The summed E-state index contributed by atoms with van der Waals surface area (Å²) in [5, 5.41) is 8.12. The first-order valence-electron chi connectivity index (χ1n) is 14.1. The number of Topliss-reactive ketones (excluding diaryl/α,β-unsaturated/α-hetero) is 1. The summed E-state index contributed by atoms with van der Waals surface area (Å²) in [6, 6.07) is 6.90. The molecule has 0 aliphatic carbocycles. The minimum atomic E-state index is -0.633. The highest BCUT2D eigenvalue weighted by Gasteiger charge is 2.38. The molecule has 0 bridgehead atoms. The van der Waals surface area contributed by atoms with Crippen LogP contribution < -0.4 is 5.32 Å². The molecular weight excluding hydrogens is 598 g/mol. The Morgan fingerprint density at radius 2 is 1.71 bits per heavy atom. The number of nitrogens with one attached hydrogen (secondary N) is 1. The number of carbonyl (C=O) groups is 3. The fourth-order valence-electron chi connectivity index (χ4n) is 5.23. The predicted molar refractivity (Wildman–Crippen MR) is 166 cm³/mol. The molecule has 1 saturated heterocycles. The normalized spacial score (nSPS) is 16.2. The number of halogens is 1. The summed E-state index contributed by atoms with van der Waals surface area (Å²) in [4.78, 5) is 54.1. The quantitative estimate of drug-likeness (QED) is 0.214. The van der Waals surface area contributed by atoms with Crippen LogP contribution in [0.3, 0.4) is 0 Å². The van der Waals surface area contributed by atoms with E-state index in [-0.39, 0.29) is 30.1 Å². The monoisotopic (exact) mass is 633 g/mol. The smallest absolute Gasteiger partial charge is 0.248 e. The van der Waals surface area contributed by atoms with Crippen LogP contribution in [-0.4, -0.2) is 59.8 Å². The van der Waals surface area contributed by atoms with E-state index in [0.29, 0.717) is 45.8 Å². The fourth-order valence-corrected chi connectivity index (χ4v) is 5.54. The zero-order valence-electron chi connectivity index (χ0n) is 25.0. The van der Waals surface area contributed by atoms with Crippen LogP contribution in [0, 0.1) is 26.7 Å². The number of benzene rings is 1. The second-order valence-electron chi connectivity index (χ2n) is 10.5. The highest BCUT2D eigenvalue weighted by molar-refractivity contribution is 9.10. The van der Waals surface area contributed by atoms with Crippen molar-refractivity contribution in [1.29, 1.82) is 0 Å². The number of ketones is 1. The number of amides is 2. The predicted octanol–water partition coefficient (Wildman–Crippen LogP) is 5.68. The van der Waals surface area contributed by atoms with Gasteiger partial charge in [-0.25, -0.2) is 15.0 Å². The van der Waals surface area contributed by atoms with Gasteiger partial charge in [-0.05, 0) is 83.9 Å². The van der Waals surface area contributed by atoms with Crippen molar-refractivity contribution in [2.45, 2.75) is 67.5 Å². The molecule has 5 rings (SSSR count). The van der Waals surface area contributed by atoms with Crippen molar-refractivity contribution >= 4 is 50.2 Å². The van der Waals surface area contributed by atoms with Crippen LogP contribution in [0.2, 0.25) is 0 Å². The van der Waals surface area contributed by atoms with Crippen molar-refractivity contribution in [2.75, 3.05) is 11.9 Å². The molecule has 2 atom stereocenters. The highest BCUT2D eigenvalue weighted by atomic mass is 79.9. The lowest BCUT2D eigenvalue weighted by Crippen LogP contribution is -2.44. The lowest BCUT2D eigenvalue weighted by molar-refractivity contribution is -0.137. The number of rotatable bonds is 6. The molecule has 1 aliphatic heterocycles. The van der Waals surface area contributed by atoms with E-state index in [2.05, 4.69) is 41.3 Å². The second-order valence-corrected chi connectivity index (χ2v) is 11.3. The SMILES string of the molecule is CC.CC(=O)c1nn(CC(=O)N2CC(C)CC2C(=O)Nc2nc(Br)ccc2C)c2c(C)cc(-c3cnc(C)nc3)cc12. The van der Waals surface area contributed by atoms with E-state index in [4.69, 9.17) is 0 Å². The number of pyridine rings is 1. The van der Waals surface area contributed by atoms with Gasteiger partial charge >= 0.3 is 0 Å². The van der Waals surface area contributed by atoms with Crippen LogP contribution in [0.4, 0.5) is 5.82 Å². The van der Waals surface area contributed by atoms with Gasteiger partial charge < -0.3 is 10.2 Å². The third-order valence-corrected chi connectivity index (χ3v) is 7.65. The van der Waals surface area contributed by atoms with E-state index in [1.807, 2.05) is 65.8 Å². The maximum Gasteiger partial charge on any atom is 0.248 e. The van der Waals surface area contributed by atoms with Crippen molar-refractivity contribution in [1.82, 2.24) is 29.6 Å². The molecule has 1 fully saturated rings. The highest BCUT2D eigenvalue weighted by Crippen LogP contribution is 2.31. The first-order valence-corrected chi connectivity index (χ1v) is 14.9. The van der Waals surface area contributed by atoms with E-state index in [9.17, 15) is 14.4 Å². The van der Waals surface area contributed by atoms with Crippen molar-refractivity contribution in [2.24, 2.45) is 5.92 Å². The summed E-state index contributed by atoms with van der Waals surface area (Å²) < 4.78 is 2.19. The van der Waals surface area contributed by atoms with Crippen LogP contribution in [0.15, 0.2) is 41.3 Å². The number of anilines is 1. The summed E-state index contributed by atoms with van der Waals surface area (Å²) in [6.07, 6.45) is 4.04. The topological polar surface area (TPSA) is 123 Å². The van der Waals surface area contributed by atoms with Crippen LogP contribution in [0.5, 0.6) is 0 Å². The Kier molecular flexibility index (Phi) is 9.50. The fraction of sp³-hybridized carbons (Fsp3) is 0.387. The second kappa shape index (κ2) is 12.9. The van der Waals surface area contributed by atoms with E-state index < -0.39 is 6.04 Å². The van der Waals surface area contributed by atoms with Gasteiger partial charge in [0.05, 0.1) is 5.52 Å². The molecule has 1 aliphatic rings. The maximum atomic E-state index is 13.7. The molecule has 3 aromatic heterocycles. The summed E-state index contributed by atoms with van der Waals surface area (Å²) in [5.74, 6) is 0.571. The minimum Gasteiger partial charge on any atom is -0.329 e. The van der Waals surface area contributed by atoms with Crippen molar-refractivity contribution in [3.05, 3.63) is 63.9 Å². The van der Waals surface area contributed by atoms with E-state index in [1.54, 1.807) is 22.0 Å². The summed E-state index contributed by atoms with van der Waals surface area (Å²) in [7, 11) is 0. The van der Waals surface area contributed by atoms with Gasteiger partial charge in [-0.15, -0.1) is 0 Å². The van der Waals surface area contributed by atoms with Crippen LogP contribution in [0.25, 0.3) is 22.0 Å². The number of nitrogens with zero attached hydrogens (tertiary/aromatic N) is 6. The standard InChI is InChI=1S/C29H30BrN7O3.C2H6/c1-15-8-23(29(40)34-28-16(2)6-7-24(30)33-28)36(13-15)25(39)14-37-27-17(3)9-20(21-11-31-19(5)32-12-21)10-22(27)26(35-37)18(4)38;1-2/h6-7,9-12,15,23H,8,13-14H2,1-5H3,(H,33,34,40);1-2H3. The van der Waals surface area contributed by atoms with E-state index in [1.165, 1.54) is 6.92 Å². The Labute approximate surface area is 254 Å². The van der Waals surface area contributed by atoms with E-state index in [0.717, 1.165) is 22.3 Å². The minimum absolute atomic E-state index is 0.0950. The Bertz CT molecular complexity index is 1650. The molecule has 10 nitrogen and oxygen atoms in total. The maximum absolute atomic E-state index is 13.7. The number of likely N-dealkylation sites (tertiary alicyclic amines) is 1. The lowest BCUT2D eigenvalue weighted by Gasteiger charge is -2.24. The molecule has 0 radical (unpaired) electrons. The zero-order chi connectivity index (χ0) is 30.7. The van der Waals surface area contributed by atoms with Gasteiger partial charge in [-0.3, -0.25) is 19.1 Å². The van der Waals surface area contributed by atoms with Crippen molar-refractivity contribution < 1.29 is 14.4 Å². The average Bonchev–Trinajstić information content (AvgIpc) is 3.53. The van der Waals surface area contributed by atoms with Crippen LogP contribution >= 0.6 is 15.9 Å². The molecule has 42 heavy (non-hydrogen) atoms. The van der Waals surface area contributed by atoms with Gasteiger partial charge in [0.25, 0.3) is 0 Å². The Hall–Kier alpha value is -3.99. The molecule has 11 heteroatoms. The molecule has 0 saturated carbocycles. The third kappa shape index (κ3) is 6.41. The molecular formula is C31H36BrN7O3. The molecule has 4 heterocycles. The van der Waals surface area contributed by atoms with E-state index >= 15 is 0 Å². The Balaban J connectivity index is 0.00000198. The molecule has 2 amide bonds. The van der Waals surface area contributed by atoms with Gasteiger partial charge in [-0.2, -0.15) is 5.10 Å². The number of aromatic nitrogens is 5. The molecule has 0 spiro atoms. The number of fused-ring (bicyclic) bond motifs is 1. The average molecular weight is 635 g/mol. The van der Waals surface area contributed by atoms with Crippen molar-refractivity contribution in [3.8, 4) is 11.1 Å². The summed E-state index contributed by atoms with van der Waals surface area (Å²) >= 11 is 3.34. The molecule has 1 N–H and O–H groups in total.